The molecule has 118 valence electrons. The number of ether oxygens (including phenoxy) is 1. The van der Waals surface area contributed by atoms with Gasteiger partial charge >= 0.3 is 5.97 Å². The number of pyridine rings is 1. The maximum absolute atomic E-state index is 12.2. The van der Waals surface area contributed by atoms with Crippen LogP contribution in [0.4, 0.5) is 5.69 Å². The van der Waals surface area contributed by atoms with E-state index in [9.17, 15) is 4.79 Å². The number of fused-ring (bicyclic) bond motifs is 1. The minimum atomic E-state index is -0.316. The molecule has 1 saturated carbocycles. The smallest absolute Gasteiger partial charge is 0.341 e. The summed E-state index contributed by atoms with van der Waals surface area (Å²) < 4.78 is 5.18. The van der Waals surface area contributed by atoms with Gasteiger partial charge in [-0.2, -0.15) is 0 Å². The van der Waals surface area contributed by atoms with Crippen molar-refractivity contribution in [1.29, 1.82) is 0 Å². The fraction of sp³-hybridized carbons (Fsp3) is 0.529. The Morgan fingerprint density at radius 1 is 1.45 bits per heavy atom. The molecule has 2 heterocycles. The second-order valence-corrected chi connectivity index (χ2v) is 6.02. The van der Waals surface area contributed by atoms with E-state index in [1.807, 2.05) is 19.2 Å². The quantitative estimate of drug-likeness (QED) is 0.844. The standard InChI is InChI=1S/C17H23N3O2/c1-3-22-17(21)13-10-19-16-12(8-9-18-16)15(13)20-14-7-5-4-6-11(14)2/h8-11,14H,3-7H2,1-2H3,(H2,18,19,20)/t11-,14+/m1/s1. The molecular weight excluding hydrogens is 278 g/mol. The van der Waals surface area contributed by atoms with Gasteiger partial charge in [0.25, 0.3) is 0 Å². The minimum absolute atomic E-state index is 0.316. The molecule has 22 heavy (non-hydrogen) atoms. The minimum Gasteiger partial charge on any atom is -0.462 e. The van der Waals surface area contributed by atoms with Crippen molar-refractivity contribution in [2.24, 2.45) is 5.92 Å². The van der Waals surface area contributed by atoms with Crippen molar-refractivity contribution in [3.8, 4) is 0 Å². The van der Waals surface area contributed by atoms with Gasteiger partial charge in [0, 0.05) is 23.8 Å². The van der Waals surface area contributed by atoms with Crippen LogP contribution in [0.25, 0.3) is 11.0 Å². The van der Waals surface area contributed by atoms with E-state index < -0.39 is 0 Å². The highest BCUT2D eigenvalue weighted by molar-refractivity contribution is 6.04. The summed E-state index contributed by atoms with van der Waals surface area (Å²) in [5.74, 6) is 0.287. The van der Waals surface area contributed by atoms with Gasteiger partial charge in [0.15, 0.2) is 0 Å². The topological polar surface area (TPSA) is 67.0 Å². The molecular formula is C17H23N3O2. The number of esters is 1. The maximum Gasteiger partial charge on any atom is 0.341 e. The molecule has 0 bridgehead atoms. The molecule has 5 nitrogen and oxygen atoms in total. The number of nitrogens with zero attached hydrogens (tertiary/aromatic N) is 1. The first-order chi connectivity index (χ1) is 10.7. The van der Waals surface area contributed by atoms with E-state index >= 15 is 0 Å². The highest BCUT2D eigenvalue weighted by Crippen LogP contribution is 2.32. The monoisotopic (exact) mass is 301 g/mol. The summed E-state index contributed by atoms with van der Waals surface area (Å²) in [5.41, 5.74) is 2.16. The molecule has 0 amide bonds. The number of carbonyl (C=O) groups excluding carboxylic acids is 1. The Hall–Kier alpha value is -2.04. The van der Waals surface area contributed by atoms with E-state index in [2.05, 4.69) is 22.2 Å². The molecule has 1 aliphatic rings. The maximum atomic E-state index is 12.2. The third kappa shape index (κ3) is 2.80. The van der Waals surface area contributed by atoms with E-state index in [4.69, 9.17) is 4.74 Å². The molecule has 0 radical (unpaired) electrons. The lowest BCUT2D eigenvalue weighted by Gasteiger charge is -2.31. The average molecular weight is 301 g/mol. The van der Waals surface area contributed by atoms with Crippen molar-refractivity contribution in [2.45, 2.75) is 45.6 Å². The van der Waals surface area contributed by atoms with Crippen molar-refractivity contribution in [3.63, 3.8) is 0 Å². The van der Waals surface area contributed by atoms with Gasteiger partial charge in [-0.3, -0.25) is 0 Å². The number of hydrogen-bond donors (Lipinski definition) is 2. The van der Waals surface area contributed by atoms with Crippen LogP contribution in [0.1, 0.15) is 49.9 Å². The molecule has 2 atom stereocenters. The number of rotatable bonds is 4. The van der Waals surface area contributed by atoms with Crippen LogP contribution < -0.4 is 5.32 Å². The number of aromatic nitrogens is 2. The normalized spacial score (nSPS) is 21.7. The predicted molar refractivity (Wildman–Crippen MR) is 87.1 cm³/mol. The summed E-state index contributed by atoms with van der Waals surface area (Å²) in [6, 6.07) is 2.35. The summed E-state index contributed by atoms with van der Waals surface area (Å²) in [6.45, 7) is 4.45. The van der Waals surface area contributed by atoms with Crippen LogP contribution in [0, 0.1) is 5.92 Å². The summed E-state index contributed by atoms with van der Waals surface area (Å²) in [5, 5.41) is 4.55. The van der Waals surface area contributed by atoms with Gasteiger partial charge in [-0.05, 0) is 31.7 Å². The van der Waals surface area contributed by atoms with Gasteiger partial charge < -0.3 is 15.0 Å². The Morgan fingerprint density at radius 3 is 3.05 bits per heavy atom. The van der Waals surface area contributed by atoms with Crippen molar-refractivity contribution in [3.05, 3.63) is 24.0 Å². The molecule has 3 rings (SSSR count). The molecule has 1 fully saturated rings. The number of nitrogens with one attached hydrogen (secondary N) is 2. The SMILES string of the molecule is CCOC(=O)c1cnc2[nH]ccc2c1N[C@H]1CCCC[C@H]1C. The second-order valence-electron chi connectivity index (χ2n) is 6.02. The molecule has 0 spiro atoms. The van der Waals surface area contributed by atoms with Crippen LogP contribution in [-0.4, -0.2) is 28.6 Å². The molecule has 2 aromatic rings. The molecule has 2 N–H and O–H groups in total. The molecule has 5 heteroatoms. The predicted octanol–water partition coefficient (Wildman–Crippen LogP) is 3.73. The third-order valence-corrected chi connectivity index (χ3v) is 4.52. The molecule has 0 aromatic carbocycles. The number of hydrogen-bond acceptors (Lipinski definition) is 4. The molecule has 0 saturated heterocycles. The zero-order valence-corrected chi connectivity index (χ0v) is 13.2. The van der Waals surface area contributed by atoms with Gasteiger partial charge in [-0.25, -0.2) is 9.78 Å². The molecule has 1 aliphatic carbocycles. The first kappa shape index (κ1) is 14.9. The largest absolute Gasteiger partial charge is 0.462 e. The van der Waals surface area contributed by atoms with Crippen LogP contribution in [0.3, 0.4) is 0 Å². The fourth-order valence-corrected chi connectivity index (χ4v) is 3.24. The fourth-order valence-electron chi connectivity index (χ4n) is 3.24. The van der Waals surface area contributed by atoms with Gasteiger partial charge in [-0.1, -0.05) is 19.8 Å². The number of aromatic amines is 1. The summed E-state index contributed by atoms with van der Waals surface area (Å²) in [4.78, 5) is 19.7. The zero-order valence-electron chi connectivity index (χ0n) is 13.2. The number of anilines is 1. The molecule has 0 unspecified atom stereocenters. The lowest BCUT2D eigenvalue weighted by Crippen LogP contribution is -2.31. The lowest BCUT2D eigenvalue weighted by atomic mass is 9.85. The van der Waals surface area contributed by atoms with Crippen molar-refractivity contribution in [2.75, 3.05) is 11.9 Å². The first-order valence-electron chi connectivity index (χ1n) is 8.10. The summed E-state index contributed by atoms with van der Waals surface area (Å²) in [6.07, 6.45) is 8.35. The van der Waals surface area contributed by atoms with Crippen LogP contribution in [0.15, 0.2) is 18.5 Å². The highest BCUT2D eigenvalue weighted by atomic mass is 16.5. The van der Waals surface area contributed by atoms with Crippen molar-refractivity contribution < 1.29 is 9.53 Å². The Labute approximate surface area is 130 Å². The highest BCUT2D eigenvalue weighted by Gasteiger charge is 2.25. The van der Waals surface area contributed by atoms with Crippen LogP contribution in [0.2, 0.25) is 0 Å². The van der Waals surface area contributed by atoms with E-state index in [1.54, 1.807) is 6.20 Å². The Kier molecular flexibility index (Phi) is 4.32. The van der Waals surface area contributed by atoms with Gasteiger partial charge in [0.05, 0.1) is 12.3 Å². The summed E-state index contributed by atoms with van der Waals surface area (Å²) >= 11 is 0. The van der Waals surface area contributed by atoms with Crippen LogP contribution in [-0.2, 0) is 4.74 Å². The average Bonchev–Trinajstić information content (AvgIpc) is 2.99. The van der Waals surface area contributed by atoms with Gasteiger partial charge in [0.1, 0.15) is 11.2 Å². The second kappa shape index (κ2) is 6.38. The summed E-state index contributed by atoms with van der Waals surface area (Å²) in [7, 11) is 0. The van der Waals surface area contributed by atoms with Crippen LogP contribution in [0.5, 0.6) is 0 Å². The van der Waals surface area contributed by atoms with Gasteiger partial charge in [0.2, 0.25) is 0 Å². The number of H-pyrrole nitrogens is 1. The van der Waals surface area contributed by atoms with E-state index in [0.717, 1.165) is 23.1 Å². The Balaban J connectivity index is 1.98. The Morgan fingerprint density at radius 2 is 2.27 bits per heavy atom. The van der Waals surface area contributed by atoms with E-state index in [-0.39, 0.29) is 5.97 Å². The van der Waals surface area contributed by atoms with Crippen molar-refractivity contribution in [1.82, 2.24) is 9.97 Å². The Bertz CT molecular complexity index is 665. The van der Waals surface area contributed by atoms with Crippen LogP contribution >= 0.6 is 0 Å². The molecule has 0 aliphatic heterocycles. The zero-order chi connectivity index (χ0) is 15.5. The van der Waals surface area contributed by atoms with E-state index in [0.29, 0.717) is 24.1 Å². The third-order valence-electron chi connectivity index (χ3n) is 4.52. The van der Waals surface area contributed by atoms with E-state index in [1.165, 1.54) is 19.3 Å². The van der Waals surface area contributed by atoms with Crippen molar-refractivity contribution >= 4 is 22.7 Å². The number of carbonyl (C=O) groups is 1. The first-order valence-corrected chi connectivity index (χ1v) is 8.10. The lowest BCUT2D eigenvalue weighted by molar-refractivity contribution is 0.0527. The van der Waals surface area contributed by atoms with Gasteiger partial charge in [-0.15, -0.1) is 0 Å². The molecule has 2 aromatic heterocycles.